The summed E-state index contributed by atoms with van der Waals surface area (Å²) < 4.78 is 5.75. The van der Waals surface area contributed by atoms with Crippen molar-refractivity contribution in [3.8, 4) is 5.75 Å². The Labute approximate surface area is 189 Å². The molecule has 3 heterocycles. The molecule has 0 radical (unpaired) electrons. The van der Waals surface area contributed by atoms with Crippen molar-refractivity contribution in [2.24, 2.45) is 0 Å². The highest BCUT2D eigenvalue weighted by Crippen LogP contribution is 2.43. The zero-order valence-corrected chi connectivity index (χ0v) is 18.6. The molecule has 0 saturated carbocycles. The molecule has 2 aliphatic rings. The summed E-state index contributed by atoms with van der Waals surface area (Å²) in [5.41, 5.74) is 3.43. The molecule has 0 unspecified atom stereocenters. The van der Waals surface area contributed by atoms with Gasteiger partial charge in [0.25, 0.3) is 5.78 Å². The Morgan fingerprint density at radius 1 is 1.22 bits per heavy atom. The molecule has 2 atom stereocenters. The molecule has 32 heavy (non-hydrogen) atoms. The van der Waals surface area contributed by atoms with Gasteiger partial charge in [-0.15, -0.1) is 11.3 Å². The van der Waals surface area contributed by atoms with Crippen LogP contribution in [0.5, 0.6) is 5.75 Å². The van der Waals surface area contributed by atoms with Gasteiger partial charge < -0.3 is 9.84 Å². The number of anilines is 1. The first-order valence-corrected chi connectivity index (χ1v) is 11.4. The molecule has 1 aromatic heterocycles. The molecule has 1 N–H and O–H groups in total. The van der Waals surface area contributed by atoms with Crippen molar-refractivity contribution in [2.45, 2.75) is 38.8 Å². The highest BCUT2D eigenvalue weighted by Gasteiger charge is 2.48. The minimum Gasteiger partial charge on any atom is -0.507 e. The van der Waals surface area contributed by atoms with Gasteiger partial charge in [0.1, 0.15) is 17.6 Å². The number of amides is 1. The summed E-state index contributed by atoms with van der Waals surface area (Å²) in [5.74, 6) is -0.810. The number of aliphatic hydroxyl groups is 1. The Kier molecular flexibility index (Phi) is 5.06. The minimum absolute atomic E-state index is 0.0648. The van der Waals surface area contributed by atoms with Crippen molar-refractivity contribution < 1.29 is 19.4 Å². The third kappa shape index (κ3) is 3.29. The summed E-state index contributed by atoms with van der Waals surface area (Å²) in [7, 11) is 0. The van der Waals surface area contributed by atoms with Gasteiger partial charge in [-0.1, -0.05) is 31.2 Å². The van der Waals surface area contributed by atoms with Crippen LogP contribution in [0, 0.1) is 0 Å². The fraction of sp³-hybridized carbons (Fsp3) is 0.240. The van der Waals surface area contributed by atoms with Gasteiger partial charge in [0.05, 0.1) is 11.6 Å². The molecule has 162 valence electrons. The number of carbonyl (C=O) groups is 2. The summed E-state index contributed by atoms with van der Waals surface area (Å²) in [4.78, 5) is 31.9. The highest BCUT2D eigenvalue weighted by molar-refractivity contribution is 7.14. The predicted molar refractivity (Wildman–Crippen MR) is 123 cm³/mol. The number of ether oxygens (including phenoxy) is 1. The highest BCUT2D eigenvalue weighted by atomic mass is 32.1. The van der Waals surface area contributed by atoms with Crippen molar-refractivity contribution in [3.05, 3.63) is 81.9 Å². The molecule has 7 heteroatoms. The number of thiazole rings is 1. The third-order valence-corrected chi connectivity index (χ3v) is 6.71. The monoisotopic (exact) mass is 446 g/mol. The number of Topliss-reactive ketones (excluding diaryl/α,β-unsaturated/α-hetero) is 1. The number of ketones is 1. The Morgan fingerprint density at radius 3 is 2.69 bits per heavy atom. The number of aliphatic hydroxyl groups excluding tert-OH is 1. The van der Waals surface area contributed by atoms with E-state index in [0.29, 0.717) is 10.7 Å². The SMILES string of the molecule is CCc1ccc([C@@H]2/C(=C(\O)c3ccc4c(c3)C[C@@H](C)O4)C(=O)C(=O)N2c2nccs2)cc1. The fourth-order valence-corrected chi connectivity index (χ4v) is 5.01. The fourth-order valence-electron chi connectivity index (χ4n) is 4.34. The quantitative estimate of drug-likeness (QED) is 0.358. The summed E-state index contributed by atoms with van der Waals surface area (Å²) in [6.07, 6.45) is 3.27. The first kappa shape index (κ1) is 20.5. The lowest BCUT2D eigenvalue weighted by Gasteiger charge is -2.23. The van der Waals surface area contributed by atoms with Crippen LogP contribution < -0.4 is 9.64 Å². The molecular formula is C25H22N2O4S. The number of aromatic nitrogens is 1. The van der Waals surface area contributed by atoms with Gasteiger partial charge in [0.2, 0.25) is 0 Å². The topological polar surface area (TPSA) is 79.7 Å². The van der Waals surface area contributed by atoms with E-state index in [9.17, 15) is 14.7 Å². The Balaban J connectivity index is 1.67. The molecule has 1 fully saturated rings. The molecule has 0 spiro atoms. The first-order chi connectivity index (χ1) is 15.5. The van der Waals surface area contributed by atoms with Crippen molar-refractivity contribution in [1.29, 1.82) is 0 Å². The number of aryl methyl sites for hydroxylation is 1. The molecule has 2 aliphatic heterocycles. The van der Waals surface area contributed by atoms with Crippen molar-refractivity contribution in [2.75, 3.05) is 4.90 Å². The van der Waals surface area contributed by atoms with Crippen LogP contribution in [-0.4, -0.2) is 27.9 Å². The molecule has 2 aromatic carbocycles. The van der Waals surface area contributed by atoms with Crippen LogP contribution in [-0.2, 0) is 22.4 Å². The maximum atomic E-state index is 13.2. The Hall–Kier alpha value is -3.45. The summed E-state index contributed by atoms with van der Waals surface area (Å²) in [6, 6.07) is 12.4. The molecule has 0 bridgehead atoms. The van der Waals surface area contributed by atoms with Crippen LogP contribution in [0.4, 0.5) is 5.13 Å². The molecule has 3 aromatic rings. The van der Waals surface area contributed by atoms with Gasteiger partial charge in [0, 0.05) is 23.6 Å². The van der Waals surface area contributed by atoms with E-state index in [-0.39, 0.29) is 17.4 Å². The lowest BCUT2D eigenvalue weighted by molar-refractivity contribution is -0.132. The van der Waals surface area contributed by atoms with E-state index < -0.39 is 17.7 Å². The average molecular weight is 447 g/mol. The maximum Gasteiger partial charge on any atom is 0.301 e. The molecule has 1 saturated heterocycles. The normalized spacial score (nSPS) is 21.6. The van der Waals surface area contributed by atoms with Crippen LogP contribution in [0.2, 0.25) is 0 Å². The van der Waals surface area contributed by atoms with E-state index in [1.807, 2.05) is 37.3 Å². The second kappa shape index (κ2) is 7.91. The first-order valence-electron chi connectivity index (χ1n) is 10.6. The van der Waals surface area contributed by atoms with Gasteiger partial charge in [-0.05, 0) is 48.2 Å². The number of fused-ring (bicyclic) bond motifs is 1. The van der Waals surface area contributed by atoms with Crippen LogP contribution in [0.1, 0.15) is 42.1 Å². The van der Waals surface area contributed by atoms with E-state index in [1.54, 1.807) is 23.7 Å². The van der Waals surface area contributed by atoms with E-state index in [2.05, 4.69) is 11.9 Å². The van der Waals surface area contributed by atoms with Crippen LogP contribution >= 0.6 is 11.3 Å². The number of hydrogen-bond acceptors (Lipinski definition) is 6. The third-order valence-electron chi connectivity index (χ3n) is 5.94. The second-order valence-corrected chi connectivity index (χ2v) is 8.91. The smallest absolute Gasteiger partial charge is 0.301 e. The zero-order chi connectivity index (χ0) is 22.4. The van der Waals surface area contributed by atoms with Gasteiger partial charge >= 0.3 is 5.91 Å². The van der Waals surface area contributed by atoms with Crippen molar-refractivity contribution >= 4 is 33.9 Å². The zero-order valence-electron chi connectivity index (χ0n) is 17.7. The van der Waals surface area contributed by atoms with Gasteiger partial charge in [0.15, 0.2) is 5.13 Å². The maximum absolute atomic E-state index is 13.2. The predicted octanol–water partition coefficient (Wildman–Crippen LogP) is 4.66. The number of benzene rings is 2. The van der Waals surface area contributed by atoms with E-state index in [4.69, 9.17) is 4.74 Å². The minimum atomic E-state index is -0.754. The van der Waals surface area contributed by atoms with E-state index >= 15 is 0 Å². The van der Waals surface area contributed by atoms with Gasteiger partial charge in [-0.3, -0.25) is 14.5 Å². The van der Waals surface area contributed by atoms with Crippen LogP contribution in [0.25, 0.3) is 5.76 Å². The number of carbonyl (C=O) groups excluding carboxylic acids is 2. The second-order valence-electron chi connectivity index (χ2n) is 8.03. The van der Waals surface area contributed by atoms with E-state index in [0.717, 1.165) is 35.3 Å². The standard InChI is InChI=1S/C25H22N2O4S/c1-3-15-4-6-16(7-5-15)21-20(23(29)24(30)27(21)25-26-10-11-32-25)22(28)17-8-9-19-18(13-17)12-14(2)31-19/h4-11,13-14,21,28H,3,12H2,1-2H3/b22-20+/t14-,21-/m1/s1. The molecule has 5 rings (SSSR count). The van der Waals surface area contributed by atoms with Crippen LogP contribution in [0.3, 0.4) is 0 Å². The number of rotatable bonds is 4. The summed E-state index contributed by atoms with van der Waals surface area (Å²) in [6.45, 7) is 4.05. The molecular weight excluding hydrogens is 424 g/mol. The molecule has 0 aliphatic carbocycles. The van der Waals surface area contributed by atoms with Crippen LogP contribution in [0.15, 0.2) is 59.6 Å². The Bertz CT molecular complexity index is 1230. The number of hydrogen-bond donors (Lipinski definition) is 1. The van der Waals surface area contributed by atoms with Gasteiger partial charge in [-0.25, -0.2) is 4.98 Å². The number of nitrogens with zero attached hydrogens (tertiary/aromatic N) is 2. The molecule has 1 amide bonds. The van der Waals surface area contributed by atoms with E-state index in [1.165, 1.54) is 16.2 Å². The lowest BCUT2D eigenvalue weighted by Crippen LogP contribution is -2.29. The molecule has 6 nitrogen and oxygen atoms in total. The average Bonchev–Trinajstić information content (AvgIpc) is 3.51. The van der Waals surface area contributed by atoms with Crippen molar-refractivity contribution in [1.82, 2.24) is 4.98 Å². The summed E-state index contributed by atoms with van der Waals surface area (Å²) in [5, 5.41) is 13.5. The van der Waals surface area contributed by atoms with Crippen molar-refractivity contribution in [3.63, 3.8) is 0 Å². The Morgan fingerprint density at radius 2 is 2.00 bits per heavy atom. The summed E-state index contributed by atoms with van der Waals surface area (Å²) >= 11 is 1.28. The lowest BCUT2D eigenvalue weighted by atomic mass is 9.94. The van der Waals surface area contributed by atoms with Gasteiger partial charge in [-0.2, -0.15) is 0 Å². The largest absolute Gasteiger partial charge is 0.507 e.